The fraction of sp³-hybridized carbons (Fsp3) is 0.368. The van der Waals surface area contributed by atoms with Gasteiger partial charge in [-0.15, -0.1) is 0 Å². The van der Waals surface area contributed by atoms with Gasteiger partial charge in [0.15, 0.2) is 0 Å². The van der Waals surface area contributed by atoms with Crippen LogP contribution in [0.15, 0.2) is 46.9 Å². The standard InChI is InChI=1S/C19H21Br/c1-14-11-12-16(15-7-3-2-4-8-15)18(13-14)17-9-5-6-10-19(17)20/h5-6,9-13,15H,2-4,7-8H2,1H3. The Morgan fingerprint density at radius 3 is 2.40 bits per heavy atom. The van der Waals surface area contributed by atoms with Crippen LogP contribution in [0, 0.1) is 6.92 Å². The summed E-state index contributed by atoms with van der Waals surface area (Å²) >= 11 is 3.72. The van der Waals surface area contributed by atoms with Crippen molar-refractivity contribution in [3.8, 4) is 11.1 Å². The van der Waals surface area contributed by atoms with Crippen molar-refractivity contribution in [2.75, 3.05) is 0 Å². The van der Waals surface area contributed by atoms with E-state index in [0.29, 0.717) is 0 Å². The number of hydrogen-bond acceptors (Lipinski definition) is 0. The minimum Gasteiger partial charge on any atom is -0.0616 e. The lowest BCUT2D eigenvalue weighted by Crippen LogP contribution is -2.06. The molecule has 1 heteroatoms. The smallest absolute Gasteiger partial charge is 0.0253 e. The molecular formula is C19H21Br. The highest BCUT2D eigenvalue weighted by Gasteiger charge is 2.19. The van der Waals surface area contributed by atoms with Crippen LogP contribution in [0.1, 0.15) is 49.1 Å². The van der Waals surface area contributed by atoms with Gasteiger partial charge in [0.1, 0.15) is 0 Å². The molecule has 0 aromatic heterocycles. The molecule has 3 rings (SSSR count). The Labute approximate surface area is 130 Å². The van der Waals surface area contributed by atoms with Crippen molar-refractivity contribution in [3.05, 3.63) is 58.1 Å². The van der Waals surface area contributed by atoms with Crippen LogP contribution in [0.3, 0.4) is 0 Å². The summed E-state index contributed by atoms with van der Waals surface area (Å²) in [5.41, 5.74) is 5.64. The molecule has 1 aliphatic rings. The van der Waals surface area contributed by atoms with E-state index in [0.717, 1.165) is 5.92 Å². The van der Waals surface area contributed by atoms with E-state index in [1.165, 1.54) is 53.3 Å². The average molecular weight is 329 g/mol. The average Bonchev–Trinajstić information content (AvgIpc) is 2.48. The molecule has 20 heavy (non-hydrogen) atoms. The van der Waals surface area contributed by atoms with Gasteiger partial charge in [0.05, 0.1) is 0 Å². The van der Waals surface area contributed by atoms with Crippen LogP contribution in [-0.2, 0) is 0 Å². The molecule has 0 N–H and O–H groups in total. The molecule has 0 spiro atoms. The zero-order valence-electron chi connectivity index (χ0n) is 12.0. The molecule has 104 valence electrons. The molecule has 1 fully saturated rings. The zero-order chi connectivity index (χ0) is 13.9. The maximum absolute atomic E-state index is 3.72. The summed E-state index contributed by atoms with van der Waals surface area (Å²) in [6.45, 7) is 2.19. The van der Waals surface area contributed by atoms with Crippen LogP contribution >= 0.6 is 15.9 Å². The molecule has 2 aromatic rings. The summed E-state index contributed by atoms with van der Waals surface area (Å²) in [6, 6.07) is 15.6. The van der Waals surface area contributed by atoms with E-state index in [1.807, 2.05) is 0 Å². The number of benzene rings is 2. The third-order valence-electron chi connectivity index (χ3n) is 4.42. The van der Waals surface area contributed by atoms with Crippen LogP contribution in [0.25, 0.3) is 11.1 Å². The van der Waals surface area contributed by atoms with Gasteiger partial charge in [-0.2, -0.15) is 0 Å². The summed E-state index contributed by atoms with van der Waals surface area (Å²) in [5.74, 6) is 0.742. The van der Waals surface area contributed by atoms with Crippen molar-refractivity contribution in [2.45, 2.75) is 44.9 Å². The second kappa shape index (κ2) is 6.13. The van der Waals surface area contributed by atoms with Crippen molar-refractivity contribution in [2.24, 2.45) is 0 Å². The number of aryl methyl sites for hydroxylation is 1. The highest BCUT2D eigenvalue weighted by Crippen LogP contribution is 2.40. The first-order valence-corrected chi connectivity index (χ1v) is 8.40. The van der Waals surface area contributed by atoms with Crippen LogP contribution < -0.4 is 0 Å². The van der Waals surface area contributed by atoms with E-state index < -0.39 is 0 Å². The second-order valence-corrected chi connectivity index (χ2v) is 6.76. The lowest BCUT2D eigenvalue weighted by Gasteiger charge is -2.25. The number of halogens is 1. The third kappa shape index (κ3) is 2.83. The Kier molecular flexibility index (Phi) is 4.26. The third-order valence-corrected chi connectivity index (χ3v) is 5.11. The van der Waals surface area contributed by atoms with Gasteiger partial charge in [-0.05, 0) is 48.4 Å². The summed E-state index contributed by atoms with van der Waals surface area (Å²) in [6.07, 6.45) is 6.87. The maximum atomic E-state index is 3.72. The van der Waals surface area contributed by atoms with Gasteiger partial charge in [-0.25, -0.2) is 0 Å². The first kappa shape index (κ1) is 13.9. The Hall–Kier alpha value is -1.08. The minimum atomic E-state index is 0.742. The normalized spacial score (nSPS) is 16.3. The van der Waals surface area contributed by atoms with Crippen molar-refractivity contribution in [3.63, 3.8) is 0 Å². The molecule has 0 radical (unpaired) electrons. The van der Waals surface area contributed by atoms with E-state index in [-0.39, 0.29) is 0 Å². The summed E-state index contributed by atoms with van der Waals surface area (Å²) in [5, 5.41) is 0. The van der Waals surface area contributed by atoms with Crippen LogP contribution in [0.4, 0.5) is 0 Å². The molecule has 0 bridgehead atoms. The van der Waals surface area contributed by atoms with Gasteiger partial charge in [0.2, 0.25) is 0 Å². The molecule has 0 heterocycles. The Morgan fingerprint density at radius 2 is 1.65 bits per heavy atom. The lowest BCUT2D eigenvalue weighted by atomic mass is 9.80. The van der Waals surface area contributed by atoms with Gasteiger partial charge in [-0.3, -0.25) is 0 Å². The van der Waals surface area contributed by atoms with Crippen LogP contribution in [-0.4, -0.2) is 0 Å². The highest BCUT2D eigenvalue weighted by atomic mass is 79.9. The summed E-state index contributed by atoms with van der Waals surface area (Å²) < 4.78 is 1.20. The molecule has 0 atom stereocenters. The number of hydrogen-bond donors (Lipinski definition) is 0. The first-order valence-electron chi connectivity index (χ1n) is 7.61. The molecule has 2 aromatic carbocycles. The van der Waals surface area contributed by atoms with Gasteiger partial charge in [-0.1, -0.05) is 77.2 Å². The molecule has 0 aliphatic heterocycles. The highest BCUT2D eigenvalue weighted by molar-refractivity contribution is 9.10. The molecular weight excluding hydrogens is 308 g/mol. The zero-order valence-corrected chi connectivity index (χ0v) is 13.6. The molecule has 0 amide bonds. The van der Waals surface area contributed by atoms with E-state index in [4.69, 9.17) is 0 Å². The quantitative estimate of drug-likeness (QED) is 0.592. The summed E-state index contributed by atoms with van der Waals surface area (Å²) in [7, 11) is 0. The SMILES string of the molecule is Cc1ccc(C2CCCCC2)c(-c2ccccc2Br)c1. The van der Waals surface area contributed by atoms with Crippen LogP contribution in [0.5, 0.6) is 0 Å². The Morgan fingerprint density at radius 1 is 0.900 bits per heavy atom. The fourth-order valence-electron chi connectivity index (χ4n) is 3.35. The predicted octanol–water partition coefficient (Wildman–Crippen LogP) is 6.47. The Bertz CT molecular complexity index is 594. The van der Waals surface area contributed by atoms with E-state index >= 15 is 0 Å². The van der Waals surface area contributed by atoms with Crippen molar-refractivity contribution in [1.29, 1.82) is 0 Å². The first-order chi connectivity index (χ1) is 9.75. The minimum absolute atomic E-state index is 0.742. The van der Waals surface area contributed by atoms with Crippen LogP contribution in [0.2, 0.25) is 0 Å². The molecule has 1 aliphatic carbocycles. The largest absolute Gasteiger partial charge is 0.0616 e. The molecule has 0 nitrogen and oxygen atoms in total. The van der Waals surface area contributed by atoms with Gasteiger partial charge in [0.25, 0.3) is 0 Å². The fourth-order valence-corrected chi connectivity index (χ4v) is 3.85. The monoisotopic (exact) mass is 328 g/mol. The van der Waals surface area contributed by atoms with Crippen molar-refractivity contribution >= 4 is 15.9 Å². The van der Waals surface area contributed by atoms with Crippen molar-refractivity contribution in [1.82, 2.24) is 0 Å². The molecule has 0 unspecified atom stereocenters. The molecule has 1 saturated carbocycles. The van der Waals surface area contributed by atoms with E-state index in [9.17, 15) is 0 Å². The Balaban J connectivity index is 2.09. The topological polar surface area (TPSA) is 0 Å². The predicted molar refractivity (Wildman–Crippen MR) is 90.1 cm³/mol. The van der Waals surface area contributed by atoms with E-state index in [1.54, 1.807) is 5.56 Å². The van der Waals surface area contributed by atoms with Gasteiger partial charge in [0, 0.05) is 4.47 Å². The van der Waals surface area contributed by atoms with Gasteiger partial charge >= 0.3 is 0 Å². The number of rotatable bonds is 2. The molecule has 0 saturated heterocycles. The lowest BCUT2D eigenvalue weighted by molar-refractivity contribution is 0.444. The maximum Gasteiger partial charge on any atom is 0.0253 e. The van der Waals surface area contributed by atoms with E-state index in [2.05, 4.69) is 65.3 Å². The second-order valence-electron chi connectivity index (χ2n) is 5.91. The van der Waals surface area contributed by atoms with Crippen molar-refractivity contribution < 1.29 is 0 Å². The summed E-state index contributed by atoms with van der Waals surface area (Å²) in [4.78, 5) is 0. The van der Waals surface area contributed by atoms with Gasteiger partial charge < -0.3 is 0 Å².